The zero-order valence-corrected chi connectivity index (χ0v) is 29.4. The number of nitrogens with zero attached hydrogens (tertiary/aromatic N) is 1. The largest absolute Gasteiger partial charge is 0.493 e. The fourth-order valence-electron chi connectivity index (χ4n) is 6.02. The third-order valence-electron chi connectivity index (χ3n) is 8.87. The third-order valence-corrected chi connectivity index (χ3v) is 11.2. The molecule has 1 saturated carbocycles. The maximum Gasteiger partial charge on any atom is 0.119 e. The molecule has 0 unspecified atom stereocenters. The van der Waals surface area contributed by atoms with Crippen LogP contribution in [0.5, 0.6) is 5.75 Å². The van der Waals surface area contributed by atoms with Crippen LogP contribution >= 0.6 is 21.6 Å². The van der Waals surface area contributed by atoms with Gasteiger partial charge in [-0.2, -0.15) is 0 Å². The van der Waals surface area contributed by atoms with Crippen molar-refractivity contribution in [3.63, 3.8) is 0 Å². The fraction of sp³-hybridized carbons (Fsp3) is 0.658. The number of fused-ring (bicyclic) bond motifs is 1. The molecule has 43 heavy (non-hydrogen) atoms. The van der Waals surface area contributed by atoms with Crippen LogP contribution < -0.4 is 4.74 Å². The van der Waals surface area contributed by atoms with E-state index in [1.165, 1.54) is 86.7 Å². The van der Waals surface area contributed by atoms with Crippen LogP contribution in [-0.2, 0) is 17.7 Å². The molecule has 1 aromatic carbocycles. The summed E-state index contributed by atoms with van der Waals surface area (Å²) in [5.74, 6) is 6.25. The summed E-state index contributed by atoms with van der Waals surface area (Å²) in [5, 5.41) is 0. The molecule has 3 nitrogen and oxygen atoms in total. The van der Waals surface area contributed by atoms with Crippen molar-refractivity contribution < 1.29 is 9.47 Å². The smallest absolute Gasteiger partial charge is 0.119 e. The summed E-state index contributed by atoms with van der Waals surface area (Å²) < 4.78 is 11.8. The minimum absolute atomic E-state index is 0.674. The monoisotopic (exact) mass is 625 g/mol. The molecule has 1 fully saturated rings. The van der Waals surface area contributed by atoms with E-state index in [0.29, 0.717) is 6.61 Å². The Kier molecular flexibility index (Phi) is 17.1. The maximum atomic E-state index is 6.08. The van der Waals surface area contributed by atoms with Gasteiger partial charge in [-0.1, -0.05) is 107 Å². The SMILES string of the molecule is C=C=C1CC/C1=C/C(=C)OCCSSCCOc1ccc2c(c1)CCN(CCC[C@H](C)CCC[C@H](C)CCCC(C)C)C2. The number of hydrogen-bond donors (Lipinski definition) is 0. The highest BCUT2D eigenvalue weighted by Gasteiger charge is 2.17. The maximum absolute atomic E-state index is 6.08. The van der Waals surface area contributed by atoms with E-state index in [-0.39, 0.29) is 0 Å². The molecule has 2 aliphatic rings. The van der Waals surface area contributed by atoms with E-state index >= 15 is 0 Å². The Bertz CT molecular complexity index is 1060. The zero-order valence-electron chi connectivity index (χ0n) is 27.8. The van der Waals surface area contributed by atoms with Crippen LogP contribution in [0.2, 0.25) is 0 Å². The molecule has 3 rings (SSSR count). The lowest BCUT2D eigenvalue weighted by Gasteiger charge is -2.29. The average Bonchev–Trinajstić information content (AvgIpc) is 2.96. The first-order valence-corrected chi connectivity index (χ1v) is 19.5. The lowest BCUT2D eigenvalue weighted by molar-refractivity contribution is 0.241. The van der Waals surface area contributed by atoms with Crippen molar-refractivity contribution in [2.45, 2.75) is 105 Å². The van der Waals surface area contributed by atoms with E-state index < -0.39 is 0 Å². The van der Waals surface area contributed by atoms with Crippen LogP contribution in [0.4, 0.5) is 0 Å². The second-order valence-corrected chi connectivity index (χ2v) is 15.9. The third kappa shape index (κ3) is 14.4. The molecule has 1 heterocycles. The lowest BCUT2D eigenvalue weighted by Crippen LogP contribution is -2.31. The summed E-state index contributed by atoms with van der Waals surface area (Å²) in [6.45, 7) is 22.2. The molecule has 2 atom stereocenters. The molecule has 0 N–H and O–H groups in total. The van der Waals surface area contributed by atoms with Gasteiger partial charge >= 0.3 is 0 Å². The van der Waals surface area contributed by atoms with Crippen LogP contribution in [0.3, 0.4) is 0 Å². The molecule has 240 valence electrons. The molecule has 0 aromatic heterocycles. The van der Waals surface area contributed by atoms with E-state index in [9.17, 15) is 0 Å². The van der Waals surface area contributed by atoms with Crippen LogP contribution in [0.1, 0.15) is 103 Å². The van der Waals surface area contributed by atoms with Gasteiger partial charge in [0.05, 0.1) is 13.2 Å². The highest BCUT2D eigenvalue weighted by Crippen LogP contribution is 2.32. The van der Waals surface area contributed by atoms with Gasteiger partial charge in [0.25, 0.3) is 0 Å². The number of ether oxygens (including phenoxy) is 2. The average molecular weight is 626 g/mol. The lowest BCUT2D eigenvalue weighted by atomic mass is 9.86. The van der Waals surface area contributed by atoms with Gasteiger partial charge in [0.1, 0.15) is 11.5 Å². The Morgan fingerprint density at radius 3 is 2.28 bits per heavy atom. The normalized spacial score (nSPS) is 17.3. The van der Waals surface area contributed by atoms with Gasteiger partial charge < -0.3 is 9.47 Å². The molecule has 0 amide bonds. The van der Waals surface area contributed by atoms with Crippen LogP contribution in [-0.4, -0.2) is 42.7 Å². The highest BCUT2D eigenvalue weighted by molar-refractivity contribution is 8.76. The fourth-order valence-corrected chi connectivity index (χ4v) is 7.67. The Hall–Kier alpha value is -1.52. The van der Waals surface area contributed by atoms with Gasteiger partial charge in [0, 0.05) is 24.6 Å². The molecule has 1 aliphatic heterocycles. The first-order valence-electron chi connectivity index (χ1n) is 17.0. The quantitative estimate of drug-likeness (QED) is 0.0552. The van der Waals surface area contributed by atoms with Crippen molar-refractivity contribution in [2.24, 2.45) is 17.8 Å². The molecule has 0 bridgehead atoms. The van der Waals surface area contributed by atoms with Crippen molar-refractivity contribution in [3.05, 3.63) is 71.2 Å². The van der Waals surface area contributed by atoms with Gasteiger partial charge in [-0.05, 0) is 96.9 Å². The van der Waals surface area contributed by atoms with Gasteiger partial charge in [-0.25, -0.2) is 0 Å². The summed E-state index contributed by atoms with van der Waals surface area (Å²) in [6.07, 6.45) is 16.4. The summed E-state index contributed by atoms with van der Waals surface area (Å²) >= 11 is 0. The van der Waals surface area contributed by atoms with E-state index in [0.717, 1.165) is 73.2 Å². The predicted molar refractivity (Wildman–Crippen MR) is 191 cm³/mol. The topological polar surface area (TPSA) is 21.7 Å². The number of hydrogen-bond acceptors (Lipinski definition) is 5. The molecule has 0 radical (unpaired) electrons. The Labute approximate surface area is 272 Å². The summed E-state index contributed by atoms with van der Waals surface area (Å²) in [7, 11) is 3.67. The Morgan fingerprint density at radius 2 is 1.60 bits per heavy atom. The van der Waals surface area contributed by atoms with E-state index in [1.807, 2.05) is 27.7 Å². The van der Waals surface area contributed by atoms with E-state index in [2.05, 4.69) is 69.7 Å². The summed E-state index contributed by atoms with van der Waals surface area (Å²) in [6, 6.07) is 6.73. The molecule has 0 saturated heterocycles. The van der Waals surface area contributed by atoms with Crippen molar-refractivity contribution in [3.8, 4) is 5.75 Å². The molecule has 5 heteroatoms. The van der Waals surface area contributed by atoms with Crippen molar-refractivity contribution in [2.75, 3.05) is 37.8 Å². The number of rotatable bonds is 22. The van der Waals surface area contributed by atoms with Gasteiger partial charge in [0.15, 0.2) is 0 Å². The number of benzene rings is 1. The van der Waals surface area contributed by atoms with E-state index in [4.69, 9.17) is 9.47 Å². The van der Waals surface area contributed by atoms with Crippen LogP contribution in [0.15, 0.2) is 60.1 Å². The molecular weight excluding hydrogens is 567 g/mol. The molecule has 1 aromatic rings. The number of allylic oxidation sites excluding steroid dienone is 3. The van der Waals surface area contributed by atoms with Crippen molar-refractivity contribution >= 4 is 21.6 Å². The highest BCUT2D eigenvalue weighted by atomic mass is 33.1. The van der Waals surface area contributed by atoms with Gasteiger partial charge in [0.2, 0.25) is 0 Å². The first-order chi connectivity index (χ1) is 20.8. The Morgan fingerprint density at radius 1 is 0.907 bits per heavy atom. The standard InChI is InChI=1S/C38H59NO2S2/c1-7-34-16-17-35(34)27-33(6)40-23-25-42-43-26-24-41-38-19-18-37-29-39(22-20-36(37)28-38)21-10-15-32(5)14-9-13-31(4)12-8-11-30(2)3/h18-19,27-28,30-32H,1,6,8-17,20-26,29H2,2-5H3/b35-27-/t31-,32-/m1/s1. The van der Waals surface area contributed by atoms with Crippen molar-refractivity contribution in [1.82, 2.24) is 4.90 Å². The first kappa shape index (κ1) is 36.0. The Balaban J connectivity index is 1.20. The van der Waals surface area contributed by atoms with Crippen LogP contribution in [0.25, 0.3) is 0 Å². The molecule has 0 spiro atoms. The minimum Gasteiger partial charge on any atom is -0.493 e. The molecule has 1 aliphatic carbocycles. The molecular formula is C38H59NO2S2. The van der Waals surface area contributed by atoms with Crippen molar-refractivity contribution in [1.29, 1.82) is 0 Å². The predicted octanol–water partition coefficient (Wildman–Crippen LogP) is 10.8. The zero-order chi connectivity index (χ0) is 30.9. The minimum atomic E-state index is 0.674. The second-order valence-electron chi connectivity index (χ2n) is 13.2. The second kappa shape index (κ2) is 20.5. The summed E-state index contributed by atoms with van der Waals surface area (Å²) in [5.41, 5.74) is 8.39. The van der Waals surface area contributed by atoms with Gasteiger partial charge in [-0.3, -0.25) is 4.90 Å². The van der Waals surface area contributed by atoms with Gasteiger partial charge in [-0.15, -0.1) is 5.73 Å². The van der Waals surface area contributed by atoms with Crippen LogP contribution in [0, 0.1) is 17.8 Å². The van der Waals surface area contributed by atoms with E-state index in [1.54, 1.807) is 0 Å². The summed E-state index contributed by atoms with van der Waals surface area (Å²) in [4.78, 5) is 2.65.